The summed E-state index contributed by atoms with van der Waals surface area (Å²) in [5.41, 5.74) is 0.182. The van der Waals surface area contributed by atoms with Crippen molar-refractivity contribution in [1.82, 2.24) is 0 Å². The molecule has 0 saturated heterocycles. The van der Waals surface area contributed by atoms with Crippen molar-refractivity contribution < 1.29 is 8.78 Å². The Balaban J connectivity index is 1.48. The summed E-state index contributed by atoms with van der Waals surface area (Å²) in [7, 11) is 0. The third kappa shape index (κ3) is 5.23. The standard InChI is InChI=1S/C25H29F2N/c1-2-18-7-9-19(10-8-18)5-3-4-6-20-11-13-21(14-12-20)22-15-24(26)23(17-28)25(27)16-22/h3,5,15-16,18-21H,2,7-14H2,1H3/b5-3+. The Morgan fingerprint density at radius 2 is 1.64 bits per heavy atom. The first-order chi connectivity index (χ1) is 13.6. The van der Waals surface area contributed by atoms with E-state index in [2.05, 4.69) is 24.8 Å². The minimum absolute atomic E-state index is 0.152. The average Bonchev–Trinajstić information content (AvgIpc) is 2.72. The van der Waals surface area contributed by atoms with Gasteiger partial charge in [0.25, 0.3) is 0 Å². The SMILES string of the molecule is CCC1CCC(/C=C/C#CC2CCC(c3cc(F)c(C#N)c(F)c3)CC2)CC1. The highest BCUT2D eigenvalue weighted by atomic mass is 19.1. The molecule has 1 aromatic carbocycles. The number of nitrogens with zero attached hydrogens (tertiary/aromatic N) is 1. The minimum Gasteiger partial charge on any atom is -0.205 e. The molecule has 0 spiro atoms. The van der Waals surface area contributed by atoms with Gasteiger partial charge in [0.15, 0.2) is 0 Å². The van der Waals surface area contributed by atoms with Gasteiger partial charge in [0, 0.05) is 5.92 Å². The fourth-order valence-electron chi connectivity index (χ4n) is 4.65. The van der Waals surface area contributed by atoms with Crippen LogP contribution in [0, 0.1) is 52.6 Å². The van der Waals surface area contributed by atoms with Crippen molar-refractivity contribution in [2.75, 3.05) is 0 Å². The molecular weight excluding hydrogens is 352 g/mol. The summed E-state index contributed by atoms with van der Waals surface area (Å²) in [5, 5.41) is 8.79. The number of allylic oxidation sites excluding steroid dienone is 2. The second-order valence-corrected chi connectivity index (χ2v) is 8.36. The molecule has 28 heavy (non-hydrogen) atoms. The second kappa shape index (κ2) is 9.88. The van der Waals surface area contributed by atoms with Crippen molar-refractivity contribution in [2.45, 2.75) is 70.6 Å². The van der Waals surface area contributed by atoms with Crippen LogP contribution in [0.3, 0.4) is 0 Å². The van der Waals surface area contributed by atoms with Crippen LogP contribution < -0.4 is 0 Å². The summed E-state index contributed by atoms with van der Waals surface area (Å²) in [6.07, 6.45) is 14.6. The summed E-state index contributed by atoms with van der Waals surface area (Å²) in [6.45, 7) is 2.29. The Hall–Kier alpha value is -2.13. The normalized spacial score (nSPS) is 27.8. The molecule has 148 valence electrons. The second-order valence-electron chi connectivity index (χ2n) is 8.36. The van der Waals surface area contributed by atoms with E-state index in [1.54, 1.807) is 6.07 Å². The molecular formula is C25H29F2N. The number of halogens is 2. The zero-order valence-corrected chi connectivity index (χ0v) is 16.7. The Kier molecular flexibility index (Phi) is 7.27. The Morgan fingerprint density at radius 3 is 2.21 bits per heavy atom. The first kappa shape index (κ1) is 20.6. The summed E-state index contributed by atoms with van der Waals surface area (Å²) >= 11 is 0. The van der Waals surface area contributed by atoms with Crippen LogP contribution in [0.2, 0.25) is 0 Å². The highest BCUT2D eigenvalue weighted by Crippen LogP contribution is 2.36. The van der Waals surface area contributed by atoms with Crippen LogP contribution in [0.25, 0.3) is 0 Å². The van der Waals surface area contributed by atoms with E-state index >= 15 is 0 Å². The smallest absolute Gasteiger partial charge is 0.144 e. The lowest BCUT2D eigenvalue weighted by Crippen LogP contribution is -2.13. The fourth-order valence-corrected chi connectivity index (χ4v) is 4.65. The van der Waals surface area contributed by atoms with E-state index in [-0.39, 0.29) is 5.92 Å². The minimum atomic E-state index is -0.752. The first-order valence-electron chi connectivity index (χ1n) is 10.7. The van der Waals surface area contributed by atoms with E-state index in [0.717, 1.165) is 31.6 Å². The Morgan fingerprint density at radius 1 is 1.00 bits per heavy atom. The van der Waals surface area contributed by atoms with Crippen molar-refractivity contribution in [3.63, 3.8) is 0 Å². The van der Waals surface area contributed by atoms with Gasteiger partial charge in [-0.1, -0.05) is 31.3 Å². The Bertz CT molecular complexity index is 769. The van der Waals surface area contributed by atoms with Crippen LogP contribution in [0.15, 0.2) is 24.3 Å². The van der Waals surface area contributed by atoms with Crippen molar-refractivity contribution >= 4 is 0 Å². The number of hydrogen-bond donors (Lipinski definition) is 0. The van der Waals surface area contributed by atoms with Crippen molar-refractivity contribution in [3.05, 3.63) is 47.0 Å². The molecule has 0 heterocycles. The third-order valence-corrected chi connectivity index (χ3v) is 6.58. The van der Waals surface area contributed by atoms with E-state index < -0.39 is 17.2 Å². The van der Waals surface area contributed by atoms with Crippen LogP contribution in [-0.2, 0) is 0 Å². The molecule has 0 amide bonds. The van der Waals surface area contributed by atoms with Crippen LogP contribution in [0.4, 0.5) is 8.78 Å². The number of rotatable bonds is 3. The predicted molar refractivity (Wildman–Crippen MR) is 108 cm³/mol. The molecule has 2 fully saturated rings. The van der Waals surface area contributed by atoms with Gasteiger partial charge in [-0.3, -0.25) is 0 Å². The van der Waals surface area contributed by atoms with Gasteiger partial charge in [0.2, 0.25) is 0 Å². The quantitative estimate of drug-likeness (QED) is 0.523. The van der Waals surface area contributed by atoms with Crippen LogP contribution in [0.1, 0.15) is 81.8 Å². The first-order valence-corrected chi connectivity index (χ1v) is 10.7. The fraction of sp³-hybridized carbons (Fsp3) is 0.560. The number of benzene rings is 1. The molecule has 0 N–H and O–H groups in total. The third-order valence-electron chi connectivity index (χ3n) is 6.58. The van der Waals surface area contributed by atoms with Crippen LogP contribution >= 0.6 is 0 Å². The maximum atomic E-state index is 13.9. The summed E-state index contributed by atoms with van der Waals surface area (Å²) < 4.78 is 27.7. The van der Waals surface area contributed by atoms with Gasteiger partial charge >= 0.3 is 0 Å². The monoisotopic (exact) mass is 381 g/mol. The summed E-state index contributed by atoms with van der Waals surface area (Å²) in [6, 6.07) is 4.24. The molecule has 0 atom stereocenters. The molecule has 2 aliphatic rings. The predicted octanol–water partition coefficient (Wildman–Crippen LogP) is 6.89. The van der Waals surface area contributed by atoms with E-state index in [0.29, 0.717) is 17.4 Å². The topological polar surface area (TPSA) is 23.8 Å². The highest BCUT2D eigenvalue weighted by molar-refractivity contribution is 5.36. The molecule has 0 unspecified atom stereocenters. The maximum absolute atomic E-state index is 13.9. The summed E-state index contributed by atoms with van der Waals surface area (Å²) in [5.74, 6) is 7.22. The number of nitriles is 1. The molecule has 3 rings (SSSR count). The van der Waals surface area contributed by atoms with Crippen molar-refractivity contribution in [3.8, 4) is 17.9 Å². The van der Waals surface area contributed by atoms with Gasteiger partial charge in [0.1, 0.15) is 23.3 Å². The largest absolute Gasteiger partial charge is 0.205 e. The lowest BCUT2D eigenvalue weighted by atomic mass is 9.78. The zero-order valence-electron chi connectivity index (χ0n) is 16.7. The van der Waals surface area contributed by atoms with Gasteiger partial charge in [-0.05, 0) is 92.9 Å². The molecule has 0 radical (unpaired) electrons. The van der Waals surface area contributed by atoms with Gasteiger partial charge in [-0.2, -0.15) is 5.26 Å². The van der Waals surface area contributed by atoms with Gasteiger partial charge < -0.3 is 0 Å². The average molecular weight is 382 g/mol. The van der Waals surface area contributed by atoms with E-state index in [4.69, 9.17) is 5.26 Å². The van der Waals surface area contributed by atoms with E-state index in [1.165, 1.54) is 44.2 Å². The highest BCUT2D eigenvalue weighted by Gasteiger charge is 2.23. The Labute approximate surface area is 167 Å². The number of hydrogen-bond acceptors (Lipinski definition) is 1. The van der Waals surface area contributed by atoms with Gasteiger partial charge in [-0.15, -0.1) is 0 Å². The zero-order chi connectivity index (χ0) is 19.9. The van der Waals surface area contributed by atoms with Crippen molar-refractivity contribution in [1.29, 1.82) is 5.26 Å². The molecule has 2 saturated carbocycles. The maximum Gasteiger partial charge on any atom is 0.144 e. The van der Waals surface area contributed by atoms with Crippen molar-refractivity contribution in [2.24, 2.45) is 17.8 Å². The lowest BCUT2D eigenvalue weighted by Gasteiger charge is -2.26. The van der Waals surface area contributed by atoms with Gasteiger partial charge in [0.05, 0.1) is 0 Å². The molecule has 2 aliphatic carbocycles. The molecule has 0 bridgehead atoms. The molecule has 1 nitrogen and oxygen atoms in total. The molecule has 1 aromatic rings. The lowest BCUT2D eigenvalue weighted by molar-refractivity contribution is 0.304. The van der Waals surface area contributed by atoms with Gasteiger partial charge in [-0.25, -0.2) is 8.78 Å². The molecule has 0 aliphatic heterocycles. The summed E-state index contributed by atoms with van der Waals surface area (Å²) in [4.78, 5) is 0. The molecule has 0 aromatic heterocycles. The molecule has 3 heteroatoms. The van der Waals surface area contributed by atoms with E-state index in [1.807, 2.05) is 6.08 Å². The van der Waals surface area contributed by atoms with Crippen LogP contribution in [0.5, 0.6) is 0 Å². The van der Waals surface area contributed by atoms with E-state index in [9.17, 15) is 8.78 Å². The van der Waals surface area contributed by atoms with Crippen LogP contribution in [-0.4, -0.2) is 0 Å².